The maximum Gasteiger partial charge on any atom is 0.122 e. The molecule has 0 spiro atoms. The van der Waals surface area contributed by atoms with E-state index in [0.717, 1.165) is 32.0 Å². The lowest BCUT2D eigenvalue weighted by molar-refractivity contribution is -0.0854. The summed E-state index contributed by atoms with van der Waals surface area (Å²) >= 11 is 0. The zero-order valence-corrected chi connectivity index (χ0v) is 9.52. The summed E-state index contributed by atoms with van der Waals surface area (Å²) in [6.07, 6.45) is 0. The van der Waals surface area contributed by atoms with Crippen LogP contribution in [-0.4, -0.2) is 41.8 Å². The number of para-hydroxylation sites is 1. The lowest BCUT2D eigenvalue weighted by Gasteiger charge is -2.45. The Morgan fingerprint density at radius 2 is 2.19 bits per heavy atom. The van der Waals surface area contributed by atoms with Crippen LogP contribution in [0.15, 0.2) is 24.3 Å². The van der Waals surface area contributed by atoms with E-state index in [1.807, 2.05) is 19.1 Å². The first-order valence-corrected chi connectivity index (χ1v) is 5.80. The molecule has 2 heterocycles. The van der Waals surface area contributed by atoms with Gasteiger partial charge in [0.2, 0.25) is 0 Å². The van der Waals surface area contributed by atoms with E-state index in [0.29, 0.717) is 5.92 Å². The summed E-state index contributed by atoms with van der Waals surface area (Å²) in [6, 6.07) is 8.24. The van der Waals surface area contributed by atoms with Crippen LogP contribution in [0.5, 0.6) is 5.75 Å². The predicted molar refractivity (Wildman–Crippen MR) is 61.7 cm³/mol. The summed E-state index contributed by atoms with van der Waals surface area (Å²) in [4.78, 5) is 2.29. The zero-order chi connectivity index (χ0) is 11.2. The number of rotatable bonds is 2. The number of hydrogen-bond donors (Lipinski definition) is 1. The van der Waals surface area contributed by atoms with Crippen LogP contribution >= 0.6 is 0 Å². The van der Waals surface area contributed by atoms with Crippen LogP contribution in [0, 0.1) is 0 Å². The van der Waals surface area contributed by atoms with E-state index in [1.54, 1.807) is 0 Å². The fraction of sp³-hybridized carbons (Fsp3) is 0.538. The van der Waals surface area contributed by atoms with Gasteiger partial charge in [-0.3, -0.25) is 4.90 Å². The fourth-order valence-corrected chi connectivity index (χ4v) is 2.74. The molecule has 2 aliphatic rings. The molecular formula is C13H17NO2. The first-order valence-electron chi connectivity index (χ1n) is 5.80. The van der Waals surface area contributed by atoms with E-state index < -0.39 is 5.60 Å². The highest BCUT2D eigenvalue weighted by Gasteiger charge is 2.38. The van der Waals surface area contributed by atoms with Gasteiger partial charge in [-0.15, -0.1) is 0 Å². The van der Waals surface area contributed by atoms with Gasteiger partial charge < -0.3 is 9.84 Å². The number of likely N-dealkylation sites (tertiary alicyclic amines) is 1. The molecule has 0 radical (unpaired) electrons. The molecule has 16 heavy (non-hydrogen) atoms. The van der Waals surface area contributed by atoms with Gasteiger partial charge in [-0.2, -0.15) is 0 Å². The minimum absolute atomic E-state index is 0.465. The normalized spacial score (nSPS) is 27.0. The molecule has 0 aromatic heterocycles. The number of benzene rings is 1. The van der Waals surface area contributed by atoms with Gasteiger partial charge in [-0.25, -0.2) is 0 Å². The van der Waals surface area contributed by atoms with Crippen LogP contribution in [0.3, 0.4) is 0 Å². The van der Waals surface area contributed by atoms with Crippen LogP contribution < -0.4 is 4.74 Å². The molecule has 3 heteroatoms. The van der Waals surface area contributed by atoms with Crippen LogP contribution in [0.25, 0.3) is 0 Å². The Morgan fingerprint density at radius 3 is 2.94 bits per heavy atom. The third-order valence-corrected chi connectivity index (χ3v) is 3.41. The highest BCUT2D eigenvalue weighted by molar-refractivity contribution is 5.39. The molecule has 0 aliphatic carbocycles. The summed E-state index contributed by atoms with van der Waals surface area (Å²) in [5.41, 5.74) is 0.841. The molecule has 3 nitrogen and oxygen atoms in total. The average Bonchev–Trinajstić information content (AvgIpc) is 2.59. The molecule has 1 fully saturated rings. The highest BCUT2D eigenvalue weighted by atomic mass is 16.5. The van der Waals surface area contributed by atoms with Crippen molar-refractivity contribution in [2.75, 3.05) is 26.2 Å². The van der Waals surface area contributed by atoms with Crippen molar-refractivity contribution in [3.8, 4) is 5.75 Å². The van der Waals surface area contributed by atoms with Crippen LogP contribution in [-0.2, 0) is 0 Å². The third kappa shape index (κ3) is 1.70. The number of hydrogen-bond acceptors (Lipinski definition) is 3. The first-order chi connectivity index (χ1) is 7.64. The van der Waals surface area contributed by atoms with E-state index in [1.165, 1.54) is 5.56 Å². The number of fused-ring (bicyclic) bond motifs is 1. The molecule has 1 aromatic carbocycles. The Bertz CT molecular complexity index is 395. The van der Waals surface area contributed by atoms with Crippen molar-refractivity contribution >= 4 is 0 Å². The van der Waals surface area contributed by atoms with Gasteiger partial charge in [-0.1, -0.05) is 18.2 Å². The largest absolute Gasteiger partial charge is 0.493 e. The van der Waals surface area contributed by atoms with Crippen LogP contribution in [0.1, 0.15) is 18.4 Å². The van der Waals surface area contributed by atoms with Crippen molar-refractivity contribution in [3.63, 3.8) is 0 Å². The van der Waals surface area contributed by atoms with Crippen molar-refractivity contribution in [1.29, 1.82) is 0 Å². The maximum atomic E-state index is 9.68. The van der Waals surface area contributed by atoms with E-state index >= 15 is 0 Å². The minimum Gasteiger partial charge on any atom is -0.493 e. The maximum absolute atomic E-state index is 9.68. The Morgan fingerprint density at radius 1 is 1.44 bits per heavy atom. The molecule has 1 saturated heterocycles. The Balaban J connectivity index is 1.66. The van der Waals surface area contributed by atoms with E-state index in [-0.39, 0.29) is 0 Å². The first kappa shape index (κ1) is 10.1. The zero-order valence-electron chi connectivity index (χ0n) is 9.52. The summed E-state index contributed by atoms with van der Waals surface area (Å²) in [6.45, 7) is 5.23. The second-order valence-electron chi connectivity index (χ2n) is 5.21. The SMILES string of the molecule is CC1(O)CN(CC2COc3ccccc32)C1. The second kappa shape index (κ2) is 3.47. The van der Waals surface area contributed by atoms with Gasteiger partial charge in [-0.05, 0) is 13.0 Å². The van der Waals surface area contributed by atoms with Crippen molar-refractivity contribution in [2.24, 2.45) is 0 Å². The van der Waals surface area contributed by atoms with E-state index in [2.05, 4.69) is 17.0 Å². The van der Waals surface area contributed by atoms with Gasteiger partial charge in [0.05, 0.1) is 12.2 Å². The number of nitrogens with zero attached hydrogens (tertiary/aromatic N) is 1. The summed E-state index contributed by atoms with van der Waals surface area (Å²) in [5, 5.41) is 9.68. The highest BCUT2D eigenvalue weighted by Crippen LogP contribution is 2.35. The van der Waals surface area contributed by atoms with E-state index in [4.69, 9.17) is 4.74 Å². The quantitative estimate of drug-likeness (QED) is 0.812. The smallest absolute Gasteiger partial charge is 0.122 e. The lowest BCUT2D eigenvalue weighted by atomic mass is 9.93. The molecule has 1 N–H and O–H groups in total. The number of aliphatic hydroxyl groups is 1. The number of ether oxygens (including phenoxy) is 1. The Hall–Kier alpha value is -1.06. The molecule has 0 amide bonds. The van der Waals surface area contributed by atoms with Crippen molar-refractivity contribution in [1.82, 2.24) is 4.90 Å². The van der Waals surface area contributed by atoms with Gasteiger partial charge in [0.15, 0.2) is 0 Å². The van der Waals surface area contributed by atoms with Gasteiger partial charge >= 0.3 is 0 Å². The fourth-order valence-electron chi connectivity index (χ4n) is 2.74. The summed E-state index contributed by atoms with van der Waals surface area (Å²) in [7, 11) is 0. The molecule has 0 saturated carbocycles. The summed E-state index contributed by atoms with van der Waals surface area (Å²) in [5.74, 6) is 1.49. The van der Waals surface area contributed by atoms with Crippen LogP contribution in [0.4, 0.5) is 0 Å². The van der Waals surface area contributed by atoms with Gasteiger partial charge in [0.1, 0.15) is 5.75 Å². The Kier molecular flexibility index (Phi) is 2.19. The molecule has 0 bridgehead atoms. The van der Waals surface area contributed by atoms with E-state index in [9.17, 15) is 5.11 Å². The third-order valence-electron chi connectivity index (χ3n) is 3.41. The average molecular weight is 219 g/mol. The molecule has 1 aromatic rings. The lowest BCUT2D eigenvalue weighted by Crippen LogP contribution is -2.60. The second-order valence-corrected chi connectivity index (χ2v) is 5.21. The summed E-state index contributed by atoms with van der Waals surface area (Å²) < 4.78 is 5.64. The van der Waals surface area contributed by atoms with Gasteiger partial charge in [0, 0.05) is 31.1 Å². The number of β-amino-alcohol motifs (C(OH)–C–C–N with tert-alkyl or cyclic N) is 1. The molecular weight excluding hydrogens is 202 g/mol. The van der Waals surface area contributed by atoms with Gasteiger partial charge in [0.25, 0.3) is 0 Å². The molecule has 86 valence electrons. The van der Waals surface area contributed by atoms with Crippen molar-refractivity contribution in [3.05, 3.63) is 29.8 Å². The van der Waals surface area contributed by atoms with Crippen molar-refractivity contribution in [2.45, 2.75) is 18.4 Å². The van der Waals surface area contributed by atoms with Crippen LogP contribution in [0.2, 0.25) is 0 Å². The molecule has 2 aliphatic heterocycles. The topological polar surface area (TPSA) is 32.7 Å². The van der Waals surface area contributed by atoms with Crippen molar-refractivity contribution < 1.29 is 9.84 Å². The minimum atomic E-state index is -0.473. The molecule has 1 unspecified atom stereocenters. The molecule has 3 rings (SSSR count). The standard InChI is InChI=1S/C13H17NO2/c1-13(15)8-14(9-13)6-10-7-16-12-5-3-2-4-11(10)12/h2-5,10,15H,6-9H2,1H3. The predicted octanol–water partition coefficient (Wildman–Crippen LogP) is 1.23. The monoisotopic (exact) mass is 219 g/mol. The molecule has 1 atom stereocenters. The Labute approximate surface area is 95.6 Å².